The molecule has 2 aromatic heterocycles. The van der Waals surface area contributed by atoms with Gasteiger partial charge in [-0.15, -0.1) is 11.3 Å². The number of nitrogens with zero attached hydrogens (tertiary/aromatic N) is 2. The number of hydrogen-bond acceptors (Lipinski definition) is 3. The van der Waals surface area contributed by atoms with Gasteiger partial charge in [0, 0.05) is 0 Å². The number of nitrogens with one attached hydrogen (secondary N) is 1. The second-order valence-electron chi connectivity index (χ2n) is 4.33. The number of aryl methyl sites for hydroxylation is 3. The Morgan fingerprint density at radius 1 is 1.18 bits per heavy atom. The number of imidazole rings is 1. The van der Waals surface area contributed by atoms with E-state index in [1.165, 1.54) is 11.1 Å². The number of hydrogen-bond donors (Lipinski definition) is 1. The summed E-state index contributed by atoms with van der Waals surface area (Å²) in [5, 5.41) is 0. The Balaban J connectivity index is 2.27. The van der Waals surface area contributed by atoms with Crippen LogP contribution in [0.15, 0.2) is 17.6 Å². The van der Waals surface area contributed by atoms with Gasteiger partial charge in [-0.05, 0) is 38.0 Å². The number of thiazole rings is 1. The van der Waals surface area contributed by atoms with E-state index in [2.05, 4.69) is 40.9 Å². The van der Waals surface area contributed by atoms with Crippen LogP contribution in [0.1, 0.15) is 16.8 Å². The van der Waals surface area contributed by atoms with Gasteiger partial charge in [0.15, 0.2) is 5.82 Å². The zero-order valence-electron chi connectivity index (χ0n) is 10.0. The molecule has 2 heterocycles. The molecular formula is C13H13N3S. The van der Waals surface area contributed by atoms with Gasteiger partial charge in [-0.25, -0.2) is 9.97 Å². The monoisotopic (exact) mass is 243 g/mol. The SMILES string of the molecule is Cc1cc(C)c2nc(-c3scnc3C)[nH]c2c1. The Hall–Kier alpha value is -1.68. The number of aromatic amines is 1. The summed E-state index contributed by atoms with van der Waals surface area (Å²) < 4.78 is 0. The van der Waals surface area contributed by atoms with Crippen molar-refractivity contribution in [2.45, 2.75) is 20.8 Å². The van der Waals surface area contributed by atoms with E-state index in [9.17, 15) is 0 Å². The maximum Gasteiger partial charge on any atom is 0.150 e. The van der Waals surface area contributed by atoms with E-state index >= 15 is 0 Å². The molecule has 0 spiro atoms. The van der Waals surface area contributed by atoms with Crippen molar-refractivity contribution < 1.29 is 0 Å². The first-order chi connectivity index (χ1) is 8.15. The molecule has 86 valence electrons. The third kappa shape index (κ3) is 1.65. The fraction of sp³-hybridized carbons (Fsp3) is 0.231. The molecule has 0 bridgehead atoms. The summed E-state index contributed by atoms with van der Waals surface area (Å²) in [6.07, 6.45) is 0. The van der Waals surface area contributed by atoms with Crippen LogP contribution in [0.3, 0.4) is 0 Å². The molecule has 3 aromatic rings. The van der Waals surface area contributed by atoms with Crippen LogP contribution in [-0.4, -0.2) is 15.0 Å². The van der Waals surface area contributed by atoms with Crippen molar-refractivity contribution in [3.8, 4) is 10.7 Å². The molecule has 0 fully saturated rings. The summed E-state index contributed by atoms with van der Waals surface area (Å²) in [5.74, 6) is 0.925. The van der Waals surface area contributed by atoms with E-state index < -0.39 is 0 Å². The third-order valence-electron chi connectivity index (χ3n) is 2.88. The third-order valence-corrected chi connectivity index (χ3v) is 3.82. The molecule has 0 saturated carbocycles. The Labute approximate surface area is 104 Å². The molecule has 3 nitrogen and oxygen atoms in total. The maximum atomic E-state index is 4.67. The normalized spacial score (nSPS) is 11.2. The first-order valence-electron chi connectivity index (χ1n) is 5.52. The number of rotatable bonds is 1. The lowest BCUT2D eigenvalue weighted by Crippen LogP contribution is -1.80. The van der Waals surface area contributed by atoms with Gasteiger partial charge in [-0.3, -0.25) is 0 Å². The van der Waals surface area contributed by atoms with E-state index in [1.54, 1.807) is 11.3 Å². The lowest BCUT2D eigenvalue weighted by molar-refractivity contribution is 1.24. The van der Waals surface area contributed by atoms with E-state index in [1.807, 2.05) is 12.4 Å². The topological polar surface area (TPSA) is 41.6 Å². The van der Waals surface area contributed by atoms with E-state index in [-0.39, 0.29) is 0 Å². The standard InChI is InChI=1S/C13H13N3S/c1-7-4-8(2)11-10(5-7)15-13(16-11)12-9(3)14-6-17-12/h4-6H,1-3H3,(H,15,16). The molecule has 0 saturated heterocycles. The summed E-state index contributed by atoms with van der Waals surface area (Å²) >= 11 is 1.62. The lowest BCUT2D eigenvalue weighted by Gasteiger charge is -1.96. The van der Waals surface area contributed by atoms with Gasteiger partial charge in [0.1, 0.15) is 0 Å². The van der Waals surface area contributed by atoms with Gasteiger partial charge in [-0.2, -0.15) is 0 Å². The predicted molar refractivity (Wildman–Crippen MR) is 71.4 cm³/mol. The van der Waals surface area contributed by atoms with Crippen molar-refractivity contribution in [1.82, 2.24) is 15.0 Å². The molecule has 1 N–H and O–H groups in total. The molecule has 0 aliphatic rings. The van der Waals surface area contributed by atoms with Gasteiger partial charge >= 0.3 is 0 Å². The summed E-state index contributed by atoms with van der Waals surface area (Å²) in [5.41, 5.74) is 7.51. The number of benzene rings is 1. The van der Waals surface area contributed by atoms with Crippen molar-refractivity contribution in [2.75, 3.05) is 0 Å². The average molecular weight is 243 g/mol. The van der Waals surface area contributed by atoms with Crippen LogP contribution >= 0.6 is 11.3 Å². The largest absolute Gasteiger partial charge is 0.337 e. The molecule has 0 amide bonds. The first kappa shape index (κ1) is 10.5. The van der Waals surface area contributed by atoms with E-state index in [4.69, 9.17) is 0 Å². The fourth-order valence-corrected chi connectivity index (χ4v) is 2.86. The molecular weight excluding hydrogens is 230 g/mol. The summed E-state index contributed by atoms with van der Waals surface area (Å²) in [6.45, 7) is 6.21. The van der Waals surface area contributed by atoms with E-state index in [0.717, 1.165) is 27.4 Å². The Bertz CT molecular complexity index is 694. The maximum absolute atomic E-state index is 4.67. The highest BCUT2D eigenvalue weighted by Gasteiger charge is 2.11. The van der Waals surface area contributed by atoms with Gasteiger partial charge in [0.2, 0.25) is 0 Å². The van der Waals surface area contributed by atoms with Gasteiger partial charge in [0.05, 0.1) is 27.1 Å². The Morgan fingerprint density at radius 2 is 2.00 bits per heavy atom. The average Bonchev–Trinajstić information content (AvgIpc) is 2.83. The predicted octanol–water partition coefficient (Wildman–Crippen LogP) is 3.61. The zero-order valence-corrected chi connectivity index (χ0v) is 10.9. The molecule has 1 aromatic carbocycles. The van der Waals surface area contributed by atoms with Crippen LogP contribution in [0, 0.1) is 20.8 Å². The van der Waals surface area contributed by atoms with Crippen molar-refractivity contribution in [3.05, 3.63) is 34.5 Å². The van der Waals surface area contributed by atoms with Crippen molar-refractivity contribution in [1.29, 1.82) is 0 Å². The van der Waals surface area contributed by atoms with Gasteiger partial charge in [0.25, 0.3) is 0 Å². The zero-order chi connectivity index (χ0) is 12.0. The van der Waals surface area contributed by atoms with Gasteiger partial charge in [-0.1, -0.05) is 6.07 Å². The first-order valence-corrected chi connectivity index (χ1v) is 6.40. The van der Waals surface area contributed by atoms with Gasteiger partial charge < -0.3 is 4.98 Å². The highest BCUT2D eigenvalue weighted by Crippen LogP contribution is 2.28. The molecule has 0 aliphatic heterocycles. The van der Waals surface area contributed by atoms with E-state index in [0.29, 0.717) is 0 Å². The second-order valence-corrected chi connectivity index (χ2v) is 5.19. The van der Waals surface area contributed by atoms with Crippen LogP contribution in [0.5, 0.6) is 0 Å². The van der Waals surface area contributed by atoms with Crippen LogP contribution in [-0.2, 0) is 0 Å². The Morgan fingerprint density at radius 3 is 2.71 bits per heavy atom. The molecule has 0 radical (unpaired) electrons. The van der Waals surface area contributed by atoms with Crippen molar-refractivity contribution >= 4 is 22.4 Å². The summed E-state index contributed by atoms with van der Waals surface area (Å²) in [4.78, 5) is 13.4. The minimum Gasteiger partial charge on any atom is -0.337 e. The van der Waals surface area contributed by atoms with Crippen LogP contribution in [0.2, 0.25) is 0 Å². The van der Waals surface area contributed by atoms with Crippen molar-refractivity contribution in [3.63, 3.8) is 0 Å². The molecule has 0 atom stereocenters. The quantitative estimate of drug-likeness (QED) is 0.709. The van der Waals surface area contributed by atoms with Crippen LogP contribution in [0.4, 0.5) is 0 Å². The highest BCUT2D eigenvalue weighted by atomic mass is 32.1. The minimum absolute atomic E-state index is 0.925. The second kappa shape index (κ2) is 3.67. The molecule has 3 rings (SSSR count). The number of aromatic nitrogens is 3. The molecule has 4 heteroatoms. The summed E-state index contributed by atoms with van der Waals surface area (Å²) in [6, 6.07) is 4.29. The smallest absolute Gasteiger partial charge is 0.150 e. The number of fused-ring (bicyclic) bond motifs is 1. The molecule has 0 unspecified atom stereocenters. The highest BCUT2D eigenvalue weighted by molar-refractivity contribution is 7.13. The fourth-order valence-electron chi connectivity index (χ4n) is 2.11. The van der Waals surface area contributed by atoms with Crippen LogP contribution in [0.25, 0.3) is 21.7 Å². The Kier molecular flexibility index (Phi) is 2.26. The van der Waals surface area contributed by atoms with Crippen LogP contribution < -0.4 is 0 Å². The van der Waals surface area contributed by atoms with Crippen molar-refractivity contribution in [2.24, 2.45) is 0 Å². The molecule has 17 heavy (non-hydrogen) atoms. The number of H-pyrrole nitrogens is 1. The minimum atomic E-state index is 0.925. The molecule has 0 aliphatic carbocycles. The lowest BCUT2D eigenvalue weighted by atomic mass is 10.1. The summed E-state index contributed by atoms with van der Waals surface area (Å²) in [7, 11) is 0.